The number of nitrogens with one attached hydrogen (secondary N) is 2. The molecule has 0 fully saturated rings. The number of carbonyl (C=O) groups excluding carboxylic acids is 2. The minimum Gasteiger partial charge on any atom is -0.347 e. The molecule has 0 aliphatic carbocycles. The molecule has 0 aliphatic rings. The number of fused-ring (bicyclic) bond motifs is 1. The summed E-state index contributed by atoms with van der Waals surface area (Å²) in [5, 5.41) is 13.5. The lowest BCUT2D eigenvalue weighted by Crippen LogP contribution is -2.48. The van der Waals surface area contributed by atoms with Gasteiger partial charge in [-0.15, -0.1) is 10.2 Å². The molecule has 118 valence electrons. The van der Waals surface area contributed by atoms with E-state index in [1.165, 1.54) is 0 Å². The van der Waals surface area contributed by atoms with E-state index in [0.29, 0.717) is 5.82 Å². The molecule has 2 N–H and O–H groups in total. The minimum absolute atomic E-state index is 0.164. The normalized spacial score (nSPS) is 12.9. The van der Waals surface area contributed by atoms with Crippen molar-refractivity contribution in [3.63, 3.8) is 0 Å². The standard InChI is InChI=1S/C15H21N5O2/c1-10(17-14(22)15(2,3)4)13(21)16-9-12-19-18-11-7-5-6-8-20(11)12/h5-8,10H,9H2,1-4H3,(H,16,21)(H,17,22). The van der Waals surface area contributed by atoms with Gasteiger partial charge in [-0.05, 0) is 19.1 Å². The Labute approximate surface area is 129 Å². The van der Waals surface area contributed by atoms with Gasteiger partial charge < -0.3 is 10.6 Å². The molecule has 0 radical (unpaired) electrons. The van der Waals surface area contributed by atoms with Crippen LogP contribution in [0.4, 0.5) is 0 Å². The zero-order chi connectivity index (χ0) is 16.3. The second-order valence-corrected chi connectivity index (χ2v) is 6.21. The molecule has 2 rings (SSSR count). The number of nitrogens with zero attached hydrogens (tertiary/aromatic N) is 3. The molecule has 0 saturated heterocycles. The predicted molar refractivity (Wildman–Crippen MR) is 81.9 cm³/mol. The number of amides is 2. The van der Waals surface area contributed by atoms with Crippen molar-refractivity contribution in [1.82, 2.24) is 25.2 Å². The molecule has 0 saturated carbocycles. The zero-order valence-electron chi connectivity index (χ0n) is 13.3. The molecule has 2 heterocycles. The summed E-state index contributed by atoms with van der Waals surface area (Å²) in [5.74, 6) is 0.214. The maximum absolute atomic E-state index is 12.1. The van der Waals surface area contributed by atoms with Crippen LogP contribution >= 0.6 is 0 Å². The lowest BCUT2D eigenvalue weighted by molar-refractivity contribution is -0.133. The maximum Gasteiger partial charge on any atom is 0.242 e. The van der Waals surface area contributed by atoms with Crippen molar-refractivity contribution >= 4 is 17.5 Å². The Hall–Kier alpha value is -2.44. The Bertz CT molecular complexity index is 687. The molecule has 1 atom stereocenters. The number of carbonyl (C=O) groups is 2. The van der Waals surface area contributed by atoms with Gasteiger partial charge in [0.25, 0.3) is 0 Å². The van der Waals surface area contributed by atoms with E-state index in [-0.39, 0.29) is 18.4 Å². The highest BCUT2D eigenvalue weighted by Crippen LogP contribution is 2.12. The van der Waals surface area contributed by atoms with Gasteiger partial charge in [-0.3, -0.25) is 14.0 Å². The van der Waals surface area contributed by atoms with E-state index in [1.54, 1.807) is 32.1 Å². The van der Waals surface area contributed by atoms with Crippen LogP contribution in [-0.4, -0.2) is 32.5 Å². The van der Waals surface area contributed by atoms with Crippen molar-refractivity contribution < 1.29 is 9.59 Å². The number of aromatic nitrogens is 3. The fourth-order valence-corrected chi connectivity index (χ4v) is 1.81. The van der Waals surface area contributed by atoms with Crippen molar-refractivity contribution in [2.45, 2.75) is 40.3 Å². The molecule has 2 aromatic heterocycles. The molecule has 1 unspecified atom stereocenters. The molecular weight excluding hydrogens is 282 g/mol. The van der Waals surface area contributed by atoms with Crippen LogP contribution in [0.15, 0.2) is 24.4 Å². The largest absolute Gasteiger partial charge is 0.347 e. The molecule has 0 bridgehead atoms. The second kappa shape index (κ2) is 6.13. The van der Waals surface area contributed by atoms with Gasteiger partial charge in [-0.1, -0.05) is 26.8 Å². The van der Waals surface area contributed by atoms with Crippen LogP contribution in [0, 0.1) is 5.41 Å². The monoisotopic (exact) mass is 303 g/mol. The highest BCUT2D eigenvalue weighted by molar-refractivity contribution is 5.89. The van der Waals surface area contributed by atoms with Gasteiger partial charge in [-0.2, -0.15) is 0 Å². The summed E-state index contributed by atoms with van der Waals surface area (Å²) in [6.45, 7) is 7.31. The molecule has 2 amide bonds. The van der Waals surface area contributed by atoms with Crippen LogP contribution in [0.25, 0.3) is 5.65 Å². The number of pyridine rings is 1. The summed E-state index contributed by atoms with van der Waals surface area (Å²) in [5.41, 5.74) is 0.193. The maximum atomic E-state index is 12.1. The van der Waals surface area contributed by atoms with E-state index in [9.17, 15) is 9.59 Å². The topological polar surface area (TPSA) is 88.4 Å². The third-order valence-corrected chi connectivity index (χ3v) is 3.23. The van der Waals surface area contributed by atoms with E-state index in [0.717, 1.165) is 5.65 Å². The Morgan fingerprint density at radius 2 is 2.00 bits per heavy atom. The van der Waals surface area contributed by atoms with E-state index in [4.69, 9.17) is 0 Å². The first kappa shape index (κ1) is 15.9. The third kappa shape index (κ3) is 3.60. The van der Waals surface area contributed by atoms with E-state index < -0.39 is 11.5 Å². The van der Waals surface area contributed by atoms with Crippen molar-refractivity contribution in [3.05, 3.63) is 30.2 Å². The Balaban J connectivity index is 1.94. The quantitative estimate of drug-likeness (QED) is 0.878. The van der Waals surface area contributed by atoms with Crippen molar-refractivity contribution in [1.29, 1.82) is 0 Å². The van der Waals surface area contributed by atoms with Crippen LogP contribution in [-0.2, 0) is 16.1 Å². The summed E-state index contributed by atoms with van der Waals surface area (Å²) in [6, 6.07) is 4.97. The molecule has 7 heteroatoms. The Morgan fingerprint density at radius 1 is 1.27 bits per heavy atom. The smallest absolute Gasteiger partial charge is 0.242 e. The molecular formula is C15H21N5O2. The van der Waals surface area contributed by atoms with Crippen LogP contribution in [0.5, 0.6) is 0 Å². The van der Waals surface area contributed by atoms with Crippen LogP contribution in [0.2, 0.25) is 0 Å². The van der Waals surface area contributed by atoms with Crippen LogP contribution in [0.1, 0.15) is 33.5 Å². The van der Waals surface area contributed by atoms with Crippen LogP contribution < -0.4 is 10.6 Å². The first-order valence-corrected chi connectivity index (χ1v) is 7.16. The van der Waals surface area contributed by atoms with Crippen molar-refractivity contribution in [2.24, 2.45) is 5.41 Å². The first-order valence-electron chi connectivity index (χ1n) is 7.16. The molecule has 0 spiro atoms. The fraction of sp³-hybridized carbons (Fsp3) is 0.467. The fourth-order valence-electron chi connectivity index (χ4n) is 1.81. The molecule has 7 nitrogen and oxygen atoms in total. The van der Waals surface area contributed by atoms with E-state index >= 15 is 0 Å². The predicted octanol–water partition coefficient (Wildman–Crippen LogP) is 0.896. The van der Waals surface area contributed by atoms with Crippen molar-refractivity contribution in [3.8, 4) is 0 Å². The van der Waals surface area contributed by atoms with Gasteiger partial charge in [0.2, 0.25) is 11.8 Å². The first-order chi connectivity index (χ1) is 10.3. The highest BCUT2D eigenvalue weighted by Gasteiger charge is 2.25. The van der Waals surface area contributed by atoms with Gasteiger partial charge in [0.05, 0.1) is 6.54 Å². The summed E-state index contributed by atoms with van der Waals surface area (Å²) in [6.07, 6.45) is 1.83. The van der Waals surface area contributed by atoms with Gasteiger partial charge in [0, 0.05) is 11.6 Å². The minimum atomic E-state index is -0.606. The number of rotatable bonds is 4. The van der Waals surface area contributed by atoms with Crippen molar-refractivity contribution in [2.75, 3.05) is 0 Å². The van der Waals surface area contributed by atoms with Crippen LogP contribution in [0.3, 0.4) is 0 Å². The van der Waals surface area contributed by atoms with Gasteiger partial charge in [0.1, 0.15) is 6.04 Å². The molecule has 22 heavy (non-hydrogen) atoms. The summed E-state index contributed by atoms with van der Waals surface area (Å²) in [4.78, 5) is 23.9. The third-order valence-electron chi connectivity index (χ3n) is 3.23. The van der Waals surface area contributed by atoms with E-state index in [1.807, 2.05) is 24.4 Å². The Kier molecular flexibility index (Phi) is 4.44. The Morgan fingerprint density at radius 3 is 2.68 bits per heavy atom. The average molecular weight is 303 g/mol. The second-order valence-electron chi connectivity index (χ2n) is 6.21. The molecule has 0 aliphatic heterocycles. The SMILES string of the molecule is CC(NC(=O)C(C)(C)C)C(=O)NCc1nnc2ccccn12. The molecule has 0 aromatic carbocycles. The number of hydrogen-bond acceptors (Lipinski definition) is 4. The summed E-state index contributed by atoms with van der Waals surface area (Å²) < 4.78 is 1.80. The van der Waals surface area contributed by atoms with Gasteiger partial charge in [-0.25, -0.2) is 0 Å². The summed E-state index contributed by atoms with van der Waals surface area (Å²) in [7, 11) is 0. The molecule has 2 aromatic rings. The zero-order valence-corrected chi connectivity index (χ0v) is 13.3. The lowest BCUT2D eigenvalue weighted by Gasteiger charge is -2.21. The average Bonchev–Trinajstić information content (AvgIpc) is 2.86. The van der Waals surface area contributed by atoms with Gasteiger partial charge >= 0.3 is 0 Å². The lowest BCUT2D eigenvalue weighted by atomic mass is 9.95. The highest BCUT2D eigenvalue weighted by atomic mass is 16.2. The van der Waals surface area contributed by atoms with E-state index in [2.05, 4.69) is 20.8 Å². The number of hydrogen-bond donors (Lipinski definition) is 2. The summed E-state index contributed by atoms with van der Waals surface area (Å²) >= 11 is 0. The van der Waals surface area contributed by atoms with Gasteiger partial charge in [0.15, 0.2) is 11.5 Å².